The van der Waals surface area contributed by atoms with Gasteiger partial charge in [-0.1, -0.05) is 23.9 Å². The van der Waals surface area contributed by atoms with Crippen LogP contribution in [0.2, 0.25) is 0 Å². The van der Waals surface area contributed by atoms with Gasteiger partial charge in [-0.05, 0) is 45.4 Å². The molecular weight excluding hydrogens is 392 g/mol. The van der Waals surface area contributed by atoms with Gasteiger partial charge in [0.05, 0.1) is 18.0 Å². The lowest BCUT2D eigenvalue weighted by Crippen LogP contribution is -2.15. The van der Waals surface area contributed by atoms with Crippen LogP contribution in [0, 0.1) is 13.8 Å². The van der Waals surface area contributed by atoms with E-state index < -0.39 is 0 Å². The van der Waals surface area contributed by atoms with Gasteiger partial charge in [-0.15, -0.1) is 21.5 Å². The van der Waals surface area contributed by atoms with E-state index in [4.69, 9.17) is 4.74 Å². The SMILES string of the molecule is CCOc1ccccc1NC(=O)CSc1nnc(-c2csc(C)c2C)n1CC. The third-order valence-corrected chi connectivity index (χ3v) is 6.33. The number of amides is 1. The third kappa shape index (κ3) is 4.39. The number of thioether (sulfide) groups is 1. The first-order chi connectivity index (χ1) is 13.5. The van der Waals surface area contributed by atoms with Crippen molar-refractivity contribution in [2.24, 2.45) is 0 Å². The highest BCUT2D eigenvalue weighted by Crippen LogP contribution is 2.31. The van der Waals surface area contributed by atoms with Crippen molar-refractivity contribution >= 4 is 34.7 Å². The van der Waals surface area contributed by atoms with Crippen molar-refractivity contribution < 1.29 is 9.53 Å². The van der Waals surface area contributed by atoms with Crippen molar-refractivity contribution in [1.29, 1.82) is 0 Å². The average Bonchev–Trinajstić information content (AvgIpc) is 3.24. The highest BCUT2D eigenvalue weighted by molar-refractivity contribution is 7.99. The molecule has 0 unspecified atom stereocenters. The fourth-order valence-electron chi connectivity index (χ4n) is 2.78. The Morgan fingerprint density at radius 2 is 2.04 bits per heavy atom. The number of nitrogens with zero attached hydrogens (tertiary/aromatic N) is 3. The zero-order valence-electron chi connectivity index (χ0n) is 16.5. The topological polar surface area (TPSA) is 69.0 Å². The van der Waals surface area contributed by atoms with Crippen LogP contribution in [0.3, 0.4) is 0 Å². The van der Waals surface area contributed by atoms with Gasteiger partial charge >= 0.3 is 0 Å². The molecule has 0 atom stereocenters. The number of aromatic nitrogens is 3. The molecule has 6 nitrogen and oxygen atoms in total. The molecule has 0 fully saturated rings. The van der Waals surface area contributed by atoms with E-state index in [1.54, 1.807) is 11.3 Å². The van der Waals surface area contributed by atoms with Crippen molar-refractivity contribution in [3.63, 3.8) is 0 Å². The van der Waals surface area contributed by atoms with Gasteiger partial charge in [-0.2, -0.15) is 0 Å². The molecule has 0 saturated heterocycles. The standard InChI is InChI=1S/C20H24N4O2S2/c1-5-24-19(15-11-27-14(4)13(15)3)22-23-20(24)28-12-18(25)21-16-9-7-8-10-17(16)26-6-2/h7-11H,5-6,12H2,1-4H3,(H,21,25). The maximum atomic E-state index is 12.4. The van der Waals surface area contributed by atoms with Crippen molar-refractivity contribution in [2.75, 3.05) is 17.7 Å². The Morgan fingerprint density at radius 1 is 1.25 bits per heavy atom. The summed E-state index contributed by atoms with van der Waals surface area (Å²) in [5.74, 6) is 1.67. The van der Waals surface area contributed by atoms with Crippen LogP contribution in [0.5, 0.6) is 5.75 Å². The van der Waals surface area contributed by atoms with Crippen molar-refractivity contribution in [3.05, 3.63) is 40.1 Å². The van der Waals surface area contributed by atoms with Gasteiger partial charge in [0.2, 0.25) is 5.91 Å². The molecule has 0 aliphatic rings. The lowest BCUT2D eigenvalue weighted by Gasteiger charge is -2.11. The molecule has 148 valence electrons. The number of carbonyl (C=O) groups is 1. The summed E-state index contributed by atoms with van der Waals surface area (Å²) >= 11 is 3.10. The average molecular weight is 417 g/mol. The van der Waals surface area contributed by atoms with Crippen LogP contribution in [0.4, 0.5) is 5.69 Å². The molecule has 3 aromatic rings. The van der Waals surface area contributed by atoms with Gasteiger partial charge in [0.15, 0.2) is 11.0 Å². The minimum Gasteiger partial charge on any atom is -0.492 e. The minimum atomic E-state index is -0.105. The van der Waals surface area contributed by atoms with Crippen molar-refractivity contribution in [2.45, 2.75) is 39.4 Å². The van der Waals surface area contributed by atoms with E-state index in [2.05, 4.69) is 46.2 Å². The van der Waals surface area contributed by atoms with E-state index >= 15 is 0 Å². The van der Waals surface area contributed by atoms with E-state index in [0.29, 0.717) is 18.0 Å². The maximum absolute atomic E-state index is 12.4. The first-order valence-corrected chi connectivity index (χ1v) is 11.0. The zero-order valence-corrected chi connectivity index (χ0v) is 18.1. The molecule has 0 aliphatic heterocycles. The maximum Gasteiger partial charge on any atom is 0.234 e. The number of hydrogen-bond acceptors (Lipinski definition) is 6. The largest absolute Gasteiger partial charge is 0.492 e. The summed E-state index contributed by atoms with van der Waals surface area (Å²) in [6, 6.07) is 7.44. The first kappa shape index (κ1) is 20.4. The number of aryl methyl sites for hydroxylation is 1. The summed E-state index contributed by atoms with van der Waals surface area (Å²) in [7, 11) is 0. The van der Waals surface area contributed by atoms with Crippen LogP contribution in [0.1, 0.15) is 24.3 Å². The lowest BCUT2D eigenvalue weighted by molar-refractivity contribution is -0.113. The van der Waals surface area contributed by atoms with Crippen molar-refractivity contribution in [1.82, 2.24) is 14.8 Å². The van der Waals surface area contributed by atoms with E-state index in [1.165, 1.54) is 22.2 Å². The molecule has 0 aliphatic carbocycles. The number of carbonyl (C=O) groups excluding carboxylic acids is 1. The Hall–Kier alpha value is -2.32. The Balaban J connectivity index is 1.70. The van der Waals surface area contributed by atoms with Gasteiger partial charge in [-0.3, -0.25) is 4.79 Å². The van der Waals surface area contributed by atoms with Crippen LogP contribution >= 0.6 is 23.1 Å². The van der Waals surface area contributed by atoms with Crippen LogP contribution < -0.4 is 10.1 Å². The Morgan fingerprint density at radius 3 is 2.71 bits per heavy atom. The molecule has 0 bridgehead atoms. The Labute approximate surface area is 173 Å². The number of nitrogens with one attached hydrogen (secondary N) is 1. The summed E-state index contributed by atoms with van der Waals surface area (Å²) in [6.45, 7) is 9.48. The number of anilines is 1. The number of ether oxygens (including phenoxy) is 1. The van der Waals surface area contributed by atoms with Crippen LogP contribution in [-0.2, 0) is 11.3 Å². The van der Waals surface area contributed by atoms with Crippen LogP contribution in [0.15, 0.2) is 34.8 Å². The smallest absolute Gasteiger partial charge is 0.234 e. The second-order valence-electron chi connectivity index (χ2n) is 6.15. The van der Waals surface area contributed by atoms with E-state index in [1.807, 2.05) is 31.2 Å². The van der Waals surface area contributed by atoms with Gasteiger partial charge in [0.25, 0.3) is 0 Å². The molecule has 0 radical (unpaired) electrons. The molecule has 2 aromatic heterocycles. The van der Waals surface area contributed by atoms with Crippen molar-refractivity contribution in [3.8, 4) is 17.1 Å². The molecule has 0 spiro atoms. The first-order valence-electron chi connectivity index (χ1n) is 9.17. The van der Waals surface area contributed by atoms with E-state index in [-0.39, 0.29) is 11.7 Å². The summed E-state index contributed by atoms with van der Waals surface area (Å²) in [4.78, 5) is 13.7. The molecule has 1 amide bonds. The predicted octanol–water partition coefficient (Wildman–Crippen LogP) is 4.77. The van der Waals surface area contributed by atoms with Gasteiger partial charge < -0.3 is 14.6 Å². The van der Waals surface area contributed by atoms with Crippen LogP contribution in [-0.4, -0.2) is 33.0 Å². The van der Waals surface area contributed by atoms with E-state index in [9.17, 15) is 4.79 Å². The number of benzene rings is 1. The highest BCUT2D eigenvalue weighted by atomic mass is 32.2. The summed E-state index contributed by atoms with van der Waals surface area (Å²) in [6.07, 6.45) is 0. The highest BCUT2D eigenvalue weighted by Gasteiger charge is 2.18. The minimum absolute atomic E-state index is 0.105. The summed E-state index contributed by atoms with van der Waals surface area (Å²) in [5, 5.41) is 14.5. The Bertz CT molecular complexity index is 965. The predicted molar refractivity (Wildman–Crippen MR) is 115 cm³/mol. The quantitative estimate of drug-likeness (QED) is 0.536. The van der Waals surface area contributed by atoms with Gasteiger partial charge in [-0.25, -0.2) is 0 Å². The molecule has 1 aromatic carbocycles. The summed E-state index contributed by atoms with van der Waals surface area (Å²) < 4.78 is 7.61. The molecule has 1 N–H and O–H groups in total. The fraction of sp³-hybridized carbons (Fsp3) is 0.350. The van der Waals surface area contributed by atoms with E-state index in [0.717, 1.165) is 23.1 Å². The number of para-hydroxylation sites is 2. The Kier molecular flexibility index (Phi) is 6.74. The second-order valence-corrected chi connectivity index (χ2v) is 8.17. The molecule has 0 saturated carbocycles. The number of hydrogen-bond donors (Lipinski definition) is 1. The molecule has 3 rings (SSSR count). The lowest BCUT2D eigenvalue weighted by atomic mass is 10.1. The third-order valence-electron chi connectivity index (χ3n) is 4.35. The zero-order chi connectivity index (χ0) is 20.1. The van der Waals surface area contributed by atoms with Crippen LogP contribution in [0.25, 0.3) is 11.4 Å². The monoisotopic (exact) mass is 416 g/mol. The fourth-order valence-corrected chi connectivity index (χ4v) is 4.45. The molecular formula is C20H24N4O2S2. The normalized spacial score (nSPS) is 10.9. The summed E-state index contributed by atoms with van der Waals surface area (Å²) in [5.41, 5.74) is 3.02. The second kappa shape index (κ2) is 9.25. The van der Waals surface area contributed by atoms with Gasteiger partial charge in [0, 0.05) is 22.4 Å². The molecule has 8 heteroatoms. The molecule has 2 heterocycles. The number of thiophene rings is 1. The molecule has 28 heavy (non-hydrogen) atoms. The van der Waals surface area contributed by atoms with Gasteiger partial charge in [0.1, 0.15) is 5.75 Å². The number of rotatable bonds is 8.